The Hall–Kier alpha value is -3.46. The quantitative estimate of drug-likeness (QED) is 0.426. The Morgan fingerprint density at radius 2 is 1.90 bits per heavy atom. The van der Waals surface area contributed by atoms with E-state index >= 15 is 0 Å². The SMILES string of the molecule is Cc1ccc(OCC(=O)NN=Cc2cc([N+](=O)[O-])ccc2N2CCN(C)CC2)cc1. The van der Waals surface area contributed by atoms with Gasteiger partial charge in [0.25, 0.3) is 11.6 Å². The molecule has 0 atom stereocenters. The summed E-state index contributed by atoms with van der Waals surface area (Å²) in [5.74, 6) is 0.175. The fourth-order valence-corrected chi connectivity index (χ4v) is 3.08. The second kappa shape index (κ2) is 9.84. The minimum atomic E-state index is -0.445. The molecule has 1 fully saturated rings. The van der Waals surface area contributed by atoms with Crippen molar-refractivity contribution >= 4 is 23.5 Å². The highest BCUT2D eigenvalue weighted by Gasteiger charge is 2.18. The van der Waals surface area contributed by atoms with Crippen LogP contribution in [-0.2, 0) is 4.79 Å². The Kier molecular flexibility index (Phi) is 6.97. The number of carbonyl (C=O) groups excluding carboxylic acids is 1. The Balaban J connectivity index is 1.65. The van der Waals surface area contributed by atoms with Gasteiger partial charge in [-0.1, -0.05) is 17.7 Å². The van der Waals surface area contributed by atoms with Crippen LogP contribution in [0.15, 0.2) is 47.6 Å². The molecule has 9 nitrogen and oxygen atoms in total. The van der Waals surface area contributed by atoms with Gasteiger partial charge in [0.1, 0.15) is 5.75 Å². The van der Waals surface area contributed by atoms with E-state index < -0.39 is 10.8 Å². The number of ether oxygens (including phenoxy) is 1. The number of nitrogens with one attached hydrogen (secondary N) is 1. The minimum Gasteiger partial charge on any atom is -0.484 e. The standard InChI is InChI=1S/C21H25N5O4/c1-16-3-6-19(7-4-16)30-15-21(27)23-22-14-17-13-18(26(28)29)5-8-20(17)25-11-9-24(2)10-12-25/h3-8,13-14H,9-12,15H2,1-2H3,(H,23,27). The van der Waals surface area contributed by atoms with Crippen LogP contribution < -0.4 is 15.1 Å². The highest BCUT2D eigenvalue weighted by atomic mass is 16.6. The monoisotopic (exact) mass is 411 g/mol. The molecular formula is C21H25N5O4. The molecule has 0 spiro atoms. The summed E-state index contributed by atoms with van der Waals surface area (Å²) in [4.78, 5) is 27.1. The number of amides is 1. The van der Waals surface area contributed by atoms with Crippen LogP contribution in [0.4, 0.5) is 11.4 Å². The van der Waals surface area contributed by atoms with Crippen LogP contribution in [0.2, 0.25) is 0 Å². The van der Waals surface area contributed by atoms with Gasteiger partial charge in [0.15, 0.2) is 6.61 Å². The third-order valence-corrected chi connectivity index (χ3v) is 4.85. The van der Waals surface area contributed by atoms with Gasteiger partial charge in [0, 0.05) is 49.6 Å². The number of anilines is 1. The van der Waals surface area contributed by atoms with Crippen LogP contribution in [0.3, 0.4) is 0 Å². The average molecular weight is 411 g/mol. The van der Waals surface area contributed by atoms with E-state index in [0.29, 0.717) is 11.3 Å². The van der Waals surface area contributed by atoms with E-state index in [9.17, 15) is 14.9 Å². The van der Waals surface area contributed by atoms with Gasteiger partial charge < -0.3 is 14.5 Å². The Labute approximate surface area is 175 Å². The van der Waals surface area contributed by atoms with Crippen molar-refractivity contribution in [1.82, 2.24) is 10.3 Å². The van der Waals surface area contributed by atoms with E-state index in [-0.39, 0.29) is 12.3 Å². The van der Waals surface area contributed by atoms with Crippen LogP contribution in [0.5, 0.6) is 5.75 Å². The first kappa shape index (κ1) is 21.3. The van der Waals surface area contributed by atoms with E-state index in [0.717, 1.165) is 37.4 Å². The normalized spacial score (nSPS) is 14.7. The number of hydrogen-bond donors (Lipinski definition) is 1. The van der Waals surface area contributed by atoms with Crippen molar-refractivity contribution in [3.63, 3.8) is 0 Å². The first-order valence-electron chi connectivity index (χ1n) is 9.65. The maximum absolute atomic E-state index is 12.0. The molecule has 1 aliphatic rings. The number of hydrogen-bond acceptors (Lipinski definition) is 7. The fraction of sp³-hybridized carbons (Fsp3) is 0.333. The van der Waals surface area contributed by atoms with Crippen LogP contribution in [0, 0.1) is 17.0 Å². The zero-order chi connectivity index (χ0) is 21.5. The molecule has 0 radical (unpaired) electrons. The lowest BCUT2D eigenvalue weighted by molar-refractivity contribution is -0.384. The number of nitro groups is 1. The molecule has 0 aliphatic carbocycles. The average Bonchev–Trinajstić information content (AvgIpc) is 2.74. The van der Waals surface area contributed by atoms with E-state index in [1.807, 2.05) is 19.1 Å². The molecule has 9 heteroatoms. The molecule has 0 unspecified atom stereocenters. The molecule has 1 N–H and O–H groups in total. The highest BCUT2D eigenvalue weighted by molar-refractivity contribution is 5.90. The first-order valence-corrected chi connectivity index (χ1v) is 9.65. The van der Waals surface area contributed by atoms with Gasteiger partial charge in [-0.05, 0) is 32.2 Å². The number of hydrazone groups is 1. The van der Waals surface area contributed by atoms with Gasteiger partial charge in [-0.3, -0.25) is 14.9 Å². The predicted octanol–water partition coefficient (Wildman–Crippen LogP) is 2.18. The molecule has 1 amide bonds. The number of rotatable bonds is 7. The molecule has 158 valence electrons. The number of non-ortho nitro benzene ring substituents is 1. The number of nitrogens with zero attached hydrogens (tertiary/aromatic N) is 4. The topological polar surface area (TPSA) is 100 Å². The van der Waals surface area contributed by atoms with Crippen molar-refractivity contribution < 1.29 is 14.5 Å². The molecule has 1 saturated heterocycles. The zero-order valence-electron chi connectivity index (χ0n) is 17.1. The van der Waals surface area contributed by atoms with Crippen LogP contribution in [0.25, 0.3) is 0 Å². The Morgan fingerprint density at radius 3 is 2.57 bits per heavy atom. The van der Waals surface area contributed by atoms with Crippen LogP contribution in [0.1, 0.15) is 11.1 Å². The summed E-state index contributed by atoms with van der Waals surface area (Å²) in [7, 11) is 2.06. The smallest absolute Gasteiger partial charge is 0.277 e. The summed E-state index contributed by atoms with van der Waals surface area (Å²) in [5, 5.41) is 15.1. The third kappa shape index (κ3) is 5.77. The van der Waals surface area contributed by atoms with Crippen molar-refractivity contribution in [3.8, 4) is 5.75 Å². The van der Waals surface area contributed by atoms with E-state index in [1.165, 1.54) is 18.3 Å². The Bertz CT molecular complexity index is 921. The Morgan fingerprint density at radius 1 is 1.20 bits per heavy atom. The largest absolute Gasteiger partial charge is 0.484 e. The van der Waals surface area contributed by atoms with E-state index in [1.54, 1.807) is 18.2 Å². The van der Waals surface area contributed by atoms with Gasteiger partial charge in [0.05, 0.1) is 11.1 Å². The maximum Gasteiger partial charge on any atom is 0.277 e. The van der Waals surface area contributed by atoms with Gasteiger partial charge in [-0.25, -0.2) is 5.43 Å². The van der Waals surface area contributed by atoms with Crippen LogP contribution in [-0.4, -0.2) is 61.8 Å². The summed E-state index contributed by atoms with van der Waals surface area (Å²) < 4.78 is 5.42. The summed E-state index contributed by atoms with van der Waals surface area (Å²) in [6.45, 7) is 5.22. The lowest BCUT2D eigenvalue weighted by atomic mass is 10.1. The highest BCUT2D eigenvalue weighted by Crippen LogP contribution is 2.25. The first-order chi connectivity index (χ1) is 14.4. The van der Waals surface area contributed by atoms with Crippen molar-refractivity contribution in [1.29, 1.82) is 0 Å². The van der Waals surface area contributed by atoms with Crippen molar-refractivity contribution in [2.45, 2.75) is 6.92 Å². The molecule has 2 aromatic carbocycles. The second-order valence-electron chi connectivity index (χ2n) is 7.19. The van der Waals surface area contributed by atoms with Gasteiger partial charge in [-0.2, -0.15) is 5.10 Å². The maximum atomic E-state index is 12.0. The summed E-state index contributed by atoms with van der Waals surface area (Å²) in [5.41, 5.74) is 4.91. The molecule has 1 aliphatic heterocycles. The fourth-order valence-electron chi connectivity index (χ4n) is 3.08. The molecular weight excluding hydrogens is 386 g/mol. The molecule has 30 heavy (non-hydrogen) atoms. The number of piperazine rings is 1. The zero-order valence-corrected chi connectivity index (χ0v) is 17.1. The van der Waals surface area contributed by atoms with E-state index in [2.05, 4.69) is 27.4 Å². The molecule has 1 heterocycles. The predicted molar refractivity (Wildman–Crippen MR) is 115 cm³/mol. The lowest BCUT2D eigenvalue weighted by Crippen LogP contribution is -2.44. The third-order valence-electron chi connectivity index (χ3n) is 4.85. The number of benzene rings is 2. The van der Waals surface area contributed by atoms with Crippen molar-refractivity contribution in [2.24, 2.45) is 5.10 Å². The van der Waals surface area contributed by atoms with Gasteiger partial charge in [-0.15, -0.1) is 0 Å². The van der Waals surface area contributed by atoms with Crippen molar-refractivity contribution in [3.05, 3.63) is 63.7 Å². The summed E-state index contributed by atoms with van der Waals surface area (Å²) >= 11 is 0. The van der Waals surface area contributed by atoms with Crippen LogP contribution >= 0.6 is 0 Å². The molecule has 0 saturated carbocycles. The number of nitro benzene ring substituents is 1. The number of likely N-dealkylation sites (N-methyl/N-ethyl adjacent to an activating group) is 1. The summed E-state index contributed by atoms with van der Waals surface area (Å²) in [6.07, 6.45) is 1.43. The molecule has 0 bridgehead atoms. The lowest BCUT2D eigenvalue weighted by Gasteiger charge is -2.34. The molecule has 0 aromatic heterocycles. The number of aryl methyl sites for hydroxylation is 1. The molecule has 2 aromatic rings. The summed E-state index contributed by atoms with van der Waals surface area (Å²) in [6, 6.07) is 12.0. The number of carbonyl (C=O) groups is 1. The van der Waals surface area contributed by atoms with Gasteiger partial charge >= 0.3 is 0 Å². The van der Waals surface area contributed by atoms with Gasteiger partial charge in [0.2, 0.25) is 0 Å². The van der Waals surface area contributed by atoms with E-state index in [4.69, 9.17) is 4.74 Å². The molecule has 3 rings (SSSR count). The second-order valence-corrected chi connectivity index (χ2v) is 7.19. The van der Waals surface area contributed by atoms with Crippen molar-refractivity contribution in [2.75, 3.05) is 44.7 Å². The minimum absolute atomic E-state index is 0.0247.